The third-order valence-electron chi connectivity index (χ3n) is 2.38. The Morgan fingerprint density at radius 3 is 2.62 bits per heavy atom. The molecule has 0 saturated heterocycles. The molecule has 1 unspecified atom stereocenters. The summed E-state index contributed by atoms with van der Waals surface area (Å²) in [6.07, 6.45) is 0.253. The first-order valence-electron chi connectivity index (χ1n) is 5.53. The monoisotopic (exact) mass is 242 g/mol. The maximum absolute atomic E-state index is 12.9. The van der Waals surface area contributed by atoms with Crippen molar-refractivity contribution < 1.29 is 9.50 Å². The Bertz CT molecular complexity index is 339. The van der Waals surface area contributed by atoms with Crippen molar-refractivity contribution in [2.45, 2.75) is 38.5 Å². The lowest BCUT2D eigenvalue weighted by Crippen LogP contribution is -2.15. The molecule has 0 heterocycles. The van der Waals surface area contributed by atoms with Gasteiger partial charge in [0.15, 0.2) is 0 Å². The minimum absolute atomic E-state index is 0.215. The van der Waals surface area contributed by atoms with E-state index in [0.717, 1.165) is 16.9 Å². The largest absolute Gasteiger partial charge is 0.392 e. The SMILES string of the molecule is Cc1cc(F)ccc1CC(O)CSC(C)C. The molecule has 90 valence electrons. The van der Waals surface area contributed by atoms with Gasteiger partial charge >= 0.3 is 0 Å². The Kier molecular flexibility index (Phi) is 5.29. The van der Waals surface area contributed by atoms with E-state index in [4.69, 9.17) is 0 Å². The zero-order chi connectivity index (χ0) is 12.1. The first-order chi connectivity index (χ1) is 7.49. The third kappa shape index (κ3) is 4.54. The molecule has 1 atom stereocenters. The summed E-state index contributed by atoms with van der Waals surface area (Å²) in [5, 5.41) is 10.4. The van der Waals surface area contributed by atoms with Crippen molar-refractivity contribution >= 4 is 11.8 Å². The van der Waals surface area contributed by atoms with Crippen LogP contribution < -0.4 is 0 Å². The van der Waals surface area contributed by atoms with Crippen molar-refractivity contribution in [3.8, 4) is 0 Å². The summed E-state index contributed by atoms with van der Waals surface area (Å²) in [7, 11) is 0. The first-order valence-corrected chi connectivity index (χ1v) is 6.58. The second-order valence-electron chi connectivity index (χ2n) is 4.31. The van der Waals surface area contributed by atoms with Gasteiger partial charge in [-0.05, 0) is 41.9 Å². The molecule has 1 nitrogen and oxygen atoms in total. The maximum Gasteiger partial charge on any atom is 0.123 e. The number of halogens is 1. The number of thioether (sulfide) groups is 1. The molecule has 0 aliphatic rings. The van der Waals surface area contributed by atoms with Crippen LogP contribution in [0.25, 0.3) is 0 Å². The quantitative estimate of drug-likeness (QED) is 0.855. The Labute approximate surface area is 101 Å². The lowest BCUT2D eigenvalue weighted by Gasteiger charge is -2.13. The van der Waals surface area contributed by atoms with Crippen LogP contribution in [0, 0.1) is 12.7 Å². The van der Waals surface area contributed by atoms with E-state index in [9.17, 15) is 9.50 Å². The molecule has 0 fully saturated rings. The Hall–Kier alpha value is -0.540. The van der Waals surface area contributed by atoms with Crippen molar-refractivity contribution in [3.05, 3.63) is 35.1 Å². The number of rotatable bonds is 5. The predicted molar refractivity (Wildman–Crippen MR) is 68.4 cm³/mol. The fourth-order valence-corrected chi connectivity index (χ4v) is 2.23. The Morgan fingerprint density at radius 2 is 2.06 bits per heavy atom. The zero-order valence-electron chi connectivity index (χ0n) is 10.0. The normalized spacial score (nSPS) is 13.1. The molecule has 0 bridgehead atoms. The van der Waals surface area contributed by atoms with Gasteiger partial charge in [0.05, 0.1) is 6.10 Å². The minimum Gasteiger partial charge on any atom is -0.392 e. The van der Waals surface area contributed by atoms with Gasteiger partial charge < -0.3 is 5.11 Å². The number of aliphatic hydroxyl groups is 1. The molecule has 0 radical (unpaired) electrons. The summed E-state index contributed by atoms with van der Waals surface area (Å²) in [5.74, 6) is 0.515. The van der Waals surface area contributed by atoms with Gasteiger partial charge in [0.25, 0.3) is 0 Å². The fourth-order valence-electron chi connectivity index (χ4n) is 1.50. The highest BCUT2D eigenvalue weighted by Crippen LogP contribution is 2.16. The third-order valence-corrected chi connectivity index (χ3v) is 3.63. The van der Waals surface area contributed by atoms with Crippen LogP contribution in [0.1, 0.15) is 25.0 Å². The summed E-state index contributed by atoms with van der Waals surface area (Å²) in [6, 6.07) is 4.72. The summed E-state index contributed by atoms with van der Waals surface area (Å²) in [6.45, 7) is 6.10. The van der Waals surface area contributed by atoms with Gasteiger partial charge in [-0.3, -0.25) is 0 Å². The second-order valence-corrected chi connectivity index (χ2v) is 5.92. The molecule has 1 aromatic rings. The van der Waals surface area contributed by atoms with E-state index in [1.165, 1.54) is 12.1 Å². The smallest absolute Gasteiger partial charge is 0.123 e. The highest BCUT2D eigenvalue weighted by molar-refractivity contribution is 7.99. The van der Waals surface area contributed by atoms with Crippen LogP contribution in [-0.2, 0) is 6.42 Å². The van der Waals surface area contributed by atoms with Crippen LogP contribution in [0.3, 0.4) is 0 Å². The fraction of sp³-hybridized carbons (Fsp3) is 0.538. The first kappa shape index (κ1) is 13.5. The molecule has 0 amide bonds. The van der Waals surface area contributed by atoms with Crippen molar-refractivity contribution in [2.24, 2.45) is 0 Å². The van der Waals surface area contributed by atoms with E-state index < -0.39 is 0 Å². The van der Waals surface area contributed by atoms with E-state index in [1.807, 2.05) is 6.92 Å². The lowest BCUT2D eigenvalue weighted by molar-refractivity contribution is 0.200. The van der Waals surface area contributed by atoms with Crippen LogP contribution in [0.4, 0.5) is 4.39 Å². The summed E-state index contributed by atoms with van der Waals surface area (Å²) < 4.78 is 12.9. The molecule has 3 heteroatoms. The molecule has 0 saturated carbocycles. The predicted octanol–water partition coefficient (Wildman–Crippen LogP) is 3.18. The van der Waals surface area contributed by atoms with Gasteiger partial charge in [0, 0.05) is 5.75 Å². The molecule has 0 aromatic heterocycles. The topological polar surface area (TPSA) is 20.2 Å². The van der Waals surface area contributed by atoms with Gasteiger partial charge in [-0.15, -0.1) is 0 Å². The number of benzene rings is 1. The van der Waals surface area contributed by atoms with Gasteiger partial charge in [-0.2, -0.15) is 11.8 Å². The van der Waals surface area contributed by atoms with Crippen molar-refractivity contribution in [1.29, 1.82) is 0 Å². The summed E-state index contributed by atoms with van der Waals surface area (Å²) in [4.78, 5) is 0. The molecule has 0 aliphatic carbocycles. The summed E-state index contributed by atoms with van der Waals surface area (Å²) in [5.41, 5.74) is 1.94. The van der Waals surface area contributed by atoms with E-state index in [1.54, 1.807) is 17.8 Å². The highest BCUT2D eigenvalue weighted by atomic mass is 32.2. The molecule has 0 spiro atoms. The average Bonchev–Trinajstić information content (AvgIpc) is 2.19. The average molecular weight is 242 g/mol. The number of hydrogen-bond acceptors (Lipinski definition) is 2. The summed E-state index contributed by atoms with van der Waals surface area (Å²) >= 11 is 1.74. The molecule has 1 N–H and O–H groups in total. The van der Waals surface area contributed by atoms with E-state index in [-0.39, 0.29) is 11.9 Å². The number of aliphatic hydroxyl groups excluding tert-OH is 1. The number of aryl methyl sites for hydroxylation is 1. The molecule has 16 heavy (non-hydrogen) atoms. The van der Waals surface area contributed by atoms with E-state index in [0.29, 0.717) is 11.7 Å². The van der Waals surface area contributed by atoms with Crippen molar-refractivity contribution in [1.82, 2.24) is 0 Å². The van der Waals surface area contributed by atoms with Crippen LogP contribution in [-0.4, -0.2) is 22.2 Å². The van der Waals surface area contributed by atoms with Crippen LogP contribution in [0.15, 0.2) is 18.2 Å². The molecular formula is C13H19FOS. The van der Waals surface area contributed by atoms with Gasteiger partial charge in [0.1, 0.15) is 5.82 Å². The van der Waals surface area contributed by atoms with Crippen molar-refractivity contribution in [3.63, 3.8) is 0 Å². The second kappa shape index (κ2) is 6.26. The molecule has 0 aliphatic heterocycles. The molecular weight excluding hydrogens is 223 g/mol. The van der Waals surface area contributed by atoms with E-state index >= 15 is 0 Å². The van der Waals surface area contributed by atoms with Gasteiger partial charge in [0.2, 0.25) is 0 Å². The maximum atomic E-state index is 12.9. The highest BCUT2D eigenvalue weighted by Gasteiger charge is 2.09. The zero-order valence-corrected chi connectivity index (χ0v) is 10.9. The molecule has 1 rings (SSSR count). The Balaban J connectivity index is 2.52. The lowest BCUT2D eigenvalue weighted by atomic mass is 10.0. The van der Waals surface area contributed by atoms with E-state index in [2.05, 4.69) is 13.8 Å². The van der Waals surface area contributed by atoms with Crippen LogP contribution in [0.5, 0.6) is 0 Å². The van der Waals surface area contributed by atoms with Crippen LogP contribution in [0.2, 0.25) is 0 Å². The standard InChI is InChI=1S/C13H19FOS/c1-9(2)16-8-13(15)7-11-4-5-12(14)6-10(11)3/h4-6,9,13,15H,7-8H2,1-3H3. The van der Waals surface area contributed by atoms with Crippen LogP contribution >= 0.6 is 11.8 Å². The minimum atomic E-state index is -0.350. The molecule has 1 aromatic carbocycles. The number of hydrogen-bond donors (Lipinski definition) is 1. The van der Waals surface area contributed by atoms with Gasteiger partial charge in [-0.25, -0.2) is 4.39 Å². The van der Waals surface area contributed by atoms with Gasteiger partial charge in [-0.1, -0.05) is 19.9 Å². The van der Waals surface area contributed by atoms with Crippen molar-refractivity contribution in [2.75, 3.05) is 5.75 Å². The Morgan fingerprint density at radius 1 is 1.38 bits per heavy atom.